The van der Waals surface area contributed by atoms with Gasteiger partial charge in [-0.1, -0.05) is 19.8 Å². The number of nitrogens with one attached hydrogen (secondary N) is 2. The molecule has 1 heterocycles. The van der Waals surface area contributed by atoms with Crippen LogP contribution in [0, 0.1) is 17.8 Å². The Morgan fingerprint density at radius 3 is 2.76 bits per heavy atom. The number of amides is 1. The molecule has 2 unspecified atom stereocenters. The van der Waals surface area contributed by atoms with Gasteiger partial charge in [-0.15, -0.1) is 0 Å². The van der Waals surface area contributed by atoms with E-state index in [1.54, 1.807) is 0 Å². The highest BCUT2D eigenvalue weighted by molar-refractivity contribution is 5.79. The van der Waals surface area contributed by atoms with Crippen LogP contribution in [0.3, 0.4) is 0 Å². The third-order valence-electron chi connectivity index (χ3n) is 4.33. The lowest BCUT2D eigenvalue weighted by Gasteiger charge is -2.32. The second-order valence-electron chi connectivity index (χ2n) is 5.58. The molecule has 0 aromatic carbocycles. The summed E-state index contributed by atoms with van der Waals surface area (Å²) in [5.74, 6) is 0.965. The van der Waals surface area contributed by atoms with E-state index in [0.717, 1.165) is 25.9 Å². The summed E-state index contributed by atoms with van der Waals surface area (Å²) in [4.78, 5) is 12.2. The Morgan fingerprint density at radius 1 is 1.35 bits per heavy atom. The first-order valence-electron chi connectivity index (χ1n) is 6.84. The molecule has 1 aliphatic heterocycles. The van der Waals surface area contributed by atoms with Gasteiger partial charge in [0.25, 0.3) is 0 Å². The van der Waals surface area contributed by atoms with Crippen LogP contribution < -0.4 is 10.6 Å². The number of carbonyl (C=O) groups is 1. The summed E-state index contributed by atoms with van der Waals surface area (Å²) in [5, 5.41) is 15.7. The van der Waals surface area contributed by atoms with Crippen LogP contribution in [0.4, 0.5) is 0 Å². The maximum atomic E-state index is 12.2. The third kappa shape index (κ3) is 2.99. The first-order chi connectivity index (χ1) is 8.22. The molecule has 0 spiro atoms. The molecule has 1 saturated carbocycles. The van der Waals surface area contributed by atoms with Crippen molar-refractivity contribution in [3.8, 4) is 0 Å². The van der Waals surface area contributed by atoms with Crippen molar-refractivity contribution < 1.29 is 9.90 Å². The molecule has 0 bridgehead atoms. The van der Waals surface area contributed by atoms with E-state index in [9.17, 15) is 9.90 Å². The van der Waals surface area contributed by atoms with Crippen LogP contribution in [0.2, 0.25) is 0 Å². The van der Waals surface area contributed by atoms with Gasteiger partial charge >= 0.3 is 0 Å². The average Bonchev–Trinajstić information content (AvgIpc) is 2.76. The molecule has 4 heteroatoms. The molecular weight excluding hydrogens is 216 g/mol. The molecule has 4 nitrogen and oxygen atoms in total. The van der Waals surface area contributed by atoms with E-state index < -0.39 is 0 Å². The number of hydrogen-bond donors (Lipinski definition) is 3. The molecular formula is C13H24N2O2. The number of aliphatic hydroxyl groups excluding tert-OH is 1. The predicted molar refractivity (Wildman–Crippen MR) is 66.5 cm³/mol. The minimum absolute atomic E-state index is 0.108. The van der Waals surface area contributed by atoms with Crippen molar-refractivity contribution in [1.82, 2.24) is 10.6 Å². The Kier molecular flexibility index (Phi) is 4.40. The second kappa shape index (κ2) is 5.83. The Morgan fingerprint density at radius 2 is 2.12 bits per heavy atom. The van der Waals surface area contributed by atoms with Crippen molar-refractivity contribution in [3.63, 3.8) is 0 Å². The van der Waals surface area contributed by atoms with Crippen molar-refractivity contribution in [2.45, 2.75) is 38.6 Å². The zero-order valence-electron chi connectivity index (χ0n) is 10.6. The van der Waals surface area contributed by atoms with Crippen molar-refractivity contribution in [1.29, 1.82) is 0 Å². The number of carbonyl (C=O) groups excluding carboxylic acids is 1. The van der Waals surface area contributed by atoms with Gasteiger partial charge in [-0.3, -0.25) is 4.79 Å². The highest BCUT2D eigenvalue weighted by Crippen LogP contribution is 2.25. The van der Waals surface area contributed by atoms with E-state index in [-0.39, 0.29) is 30.4 Å². The number of hydrogen-bond acceptors (Lipinski definition) is 3. The molecule has 0 aromatic heterocycles. The summed E-state index contributed by atoms with van der Waals surface area (Å²) in [5.41, 5.74) is 0. The molecule has 2 rings (SSSR count). The first kappa shape index (κ1) is 12.8. The quantitative estimate of drug-likeness (QED) is 0.673. The first-order valence-corrected chi connectivity index (χ1v) is 6.84. The fourth-order valence-electron chi connectivity index (χ4n) is 3.07. The summed E-state index contributed by atoms with van der Waals surface area (Å²) in [6, 6.07) is 0.189. The minimum atomic E-state index is 0.108. The van der Waals surface area contributed by atoms with Crippen molar-refractivity contribution in [3.05, 3.63) is 0 Å². The highest BCUT2D eigenvalue weighted by Gasteiger charge is 2.33. The van der Waals surface area contributed by atoms with Gasteiger partial charge in [-0.05, 0) is 25.3 Å². The Labute approximate surface area is 103 Å². The maximum absolute atomic E-state index is 12.2. The fourth-order valence-corrected chi connectivity index (χ4v) is 3.07. The zero-order valence-corrected chi connectivity index (χ0v) is 10.6. The standard InChI is InChI=1S/C13H24N2O2/c1-9-6-14-7-11(9)13(17)15-12-5-3-2-4-10(12)8-16/h9-12,14,16H,2-8H2,1H3,(H,15,17)/t9-,10?,11-,12?/m1/s1. The highest BCUT2D eigenvalue weighted by atomic mass is 16.3. The molecule has 1 amide bonds. The average molecular weight is 240 g/mol. The van der Waals surface area contributed by atoms with Gasteiger partial charge in [0.05, 0.1) is 5.92 Å². The van der Waals surface area contributed by atoms with Crippen molar-refractivity contribution in [2.75, 3.05) is 19.7 Å². The van der Waals surface area contributed by atoms with Gasteiger partial charge in [0.1, 0.15) is 0 Å². The largest absolute Gasteiger partial charge is 0.396 e. The van der Waals surface area contributed by atoms with Crippen molar-refractivity contribution in [2.24, 2.45) is 17.8 Å². The van der Waals surface area contributed by atoms with E-state index >= 15 is 0 Å². The van der Waals surface area contributed by atoms with Crippen molar-refractivity contribution >= 4 is 5.91 Å². The van der Waals surface area contributed by atoms with Crippen LogP contribution in [0.15, 0.2) is 0 Å². The van der Waals surface area contributed by atoms with Gasteiger partial charge in [-0.2, -0.15) is 0 Å². The predicted octanol–water partition coefficient (Wildman–Crippen LogP) is 0.509. The van der Waals surface area contributed by atoms with Crippen LogP contribution in [-0.4, -0.2) is 36.8 Å². The molecule has 1 aliphatic carbocycles. The van der Waals surface area contributed by atoms with Gasteiger partial charge in [0.15, 0.2) is 0 Å². The van der Waals surface area contributed by atoms with Gasteiger partial charge < -0.3 is 15.7 Å². The Hall–Kier alpha value is -0.610. The van der Waals surface area contributed by atoms with Crippen LogP contribution in [0.25, 0.3) is 0 Å². The lowest BCUT2D eigenvalue weighted by atomic mass is 9.84. The molecule has 2 fully saturated rings. The summed E-state index contributed by atoms with van der Waals surface area (Å²) in [6.07, 6.45) is 4.41. The number of rotatable bonds is 3. The van der Waals surface area contributed by atoms with E-state index in [1.807, 2.05) is 0 Å². The molecule has 1 saturated heterocycles. The maximum Gasteiger partial charge on any atom is 0.224 e. The smallest absolute Gasteiger partial charge is 0.224 e. The van der Waals surface area contributed by atoms with Crippen LogP contribution in [-0.2, 0) is 4.79 Å². The van der Waals surface area contributed by atoms with Gasteiger partial charge in [0.2, 0.25) is 5.91 Å². The monoisotopic (exact) mass is 240 g/mol. The minimum Gasteiger partial charge on any atom is -0.396 e. The third-order valence-corrected chi connectivity index (χ3v) is 4.33. The molecule has 3 N–H and O–H groups in total. The van der Waals surface area contributed by atoms with Crippen LogP contribution >= 0.6 is 0 Å². The zero-order chi connectivity index (χ0) is 12.3. The van der Waals surface area contributed by atoms with Gasteiger partial charge in [-0.25, -0.2) is 0 Å². The summed E-state index contributed by atoms with van der Waals surface area (Å²) < 4.78 is 0. The van der Waals surface area contributed by atoms with Crippen LogP contribution in [0.1, 0.15) is 32.6 Å². The SMILES string of the molecule is C[C@@H]1CNC[C@H]1C(=O)NC1CCCCC1CO. The molecule has 4 atom stereocenters. The second-order valence-corrected chi connectivity index (χ2v) is 5.58. The lowest BCUT2D eigenvalue weighted by molar-refractivity contribution is -0.126. The van der Waals surface area contributed by atoms with Crippen LogP contribution in [0.5, 0.6) is 0 Å². The number of aliphatic hydroxyl groups is 1. The molecule has 98 valence electrons. The normalized spacial score (nSPS) is 38.0. The molecule has 17 heavy (non-hydrogen) atoms. The van der Waals surface area contributed by atoms with E-state index in [1.165, 1.54) is 12.8 Å². The van der Waals surface area contributed by atoms with E-state index in [2.05, 4.69) is 17.6 Å². The molecule has 0 aromatic rings. The van der Waals surface area contributed by atoms with E-state index in [0.29, 0.717) is 5.92 Å². The summed E-state index contributed by atoms with van der Waals surface area (Å²) >= 11 is 0. The van der Waals surface area contributed by atoms with Gasteiger partial charge in [0, 0.05) is 25.1 Å². The Bertz CT molecular complexity index is 270. The summed E-state index contributed by atoms with van der Waals surface area (Å²) in [6.45, 7) is 4.05. The molecule has 0 radical (unpaired) electrons. The topological polar surface area (TPSA) is 61.4 Å². The van der Waals surface area contributed by atoms with E-state index in [4.69, 9.17) is 0 Å². The lowest BCUT2D eigenvalue weighted by Crippen LogP contribution is -2.46. The Balaban J connectivity index is 1.88. The molecule has 2 aliphatic rings. The fraction of sp³-hybridized carbons (Fsp3) is 0.923. The summed E-state index contributed by atoms with van der Waals surface area (Å²) in [7, 11) is 0.